The fourth-order valence-electron chi connectivity index (χ4n) is 2.60. The Kier molecular flexibility index (Phi) is 7.17. The van der Waals surface area contributed by atoms with E-state index >= 15 is 0 Å². The molecular formula is C22H17ClFN3O3S. The van der Waals surface area contributed by atoms with Gasteiger partial charge in [0.1, 0.15) is 11.6 Å². The van der Waals surface area contributed by atoms with Crippen molar-refractivity contribution in [3.63, 3.8) is 0 Å². The maximum atomic E-state index is 13.3. The fourth-order valence-corrected chi connectivity index (χ4v) is 2.99. The van der Waals surface area contributed by atoms with Crippen molar-refractivity contribution in [3.8, 4) is 5.75 Å². The van der Waals surface area contributed by atoms with Gasteiger partial charge in [-0.3, -0.25) is 14.9 Å². The molecular weight excluding hydrogens is 441 g/mol. The summed E-state index contributed by atoms with van der Waals surface area (Å²) in [6, 6.07) is 17.0. The van der Waals surface area contributed by atoms with Gasteiger partial charge in [0, 0.05) is 22.5 Å². The summed E-state index contributed by atoms with van der Waals surface area (Å²) in [6.45, 7) is 0. The number of anilines is 2. The monoisotopic (exact) mass is 457 g/mol. The molecule has 0 saturated heterocycles. The zero-order valence-corrected chi connectivity index (χ0v) is 17.8. The minimum Gasteiger partial charge on any atom is -0.497 e. The Labute approximate surface area is 188 Å². The van der Waals surface area contributed by atoms with Crippen LogP contribution in [-0.2, 0) is 0 Å². The van der Waals surface area contributed by atoms with E-state index in [1.165, 1.54) is 25.3 Å². The minimum atomic E-state index is -0.573. The maximum Gasteiger partial charge on any atom is 0.257 e. The Morgan fingerprint density at radius 2 is 1.61 bits per heavy atom. The van der Waals surface area contributed by atoms with Crippen molar-refractivity contribution in [1.29, 1.82) is 0 Å². The Balaban J connectivity index is 1.62. The van der Waals surface area contributed by atoms with Crippen LogP contribution in [0.5, 0.6) is 5.75 Å². The van der Waals surface area contributed by atoms with Crippen LogP contribution in [-0.4, -0.2) is 24.0 Å². The van der Waals surface area contributed by atoms with E-state index in [4.69, 9.17) is 28.6 Å². The third kappa shape index (κ3) is 6.00. The van der Waals surface area contributed by atoms with E-state index in [1.807, 2.05) is 0 Å². The molecule has 3 N–H and O–H groups in total. The number of rotatable bonds is 5. The molecule has 0 unspecified atom stereocenters. The molecule has 0 fully saturated rings. The van der Waals surface area contributed by atoms with E-state index in [2.05, 4.69) is 16.0 Å². The van der Waals surface area contributed by atoms with Crippen molar-refractivity contribution < 1.29 is 18.7 Å². The lowest BCUT2D eigenvalue weighted by Crippen LogP contribution is -2.34. The molecule has 3 rings (SSSR count). The molecule has 0 bridgehead atoms. The molecule has 2 amide bonds. The van der Waals surface area contributed by atoms with E-state index < -0.39 is 11.7 Å². The van der Waals surface area contributed by atoms with Crippen LogP contribution in [0.25, 0.3) is 0 Å². The SMILES string of the molecule is COc1ccc(C(=O)NC(=S)Nc2cccc(C(=O)Nc3ccc(F)c(Cl)c3)c2)cc1. The second kappa shape index (κ2) is 10.0. The predicted octanol–water partition coefficient (Wildman–Crippen LogP) is 4.87. The van der Waals surface area contributed by atoms with Gasteiger partial charge in [0.25, 0.3) is 11.8 Å². The number of nitrogens with one attached hydrogen (secondary N) is 3. The Hall–Kier alpha value is -3.49. The van der Waals surface area contributed by atoms with Gasteiger partial charge in [-0.25, -0.2) is 4.39 Å². The summed E-state index contributed by atoms with van der Waals surface area (Å²) in [5.74, 6) is -0.743. The summed E-state index contributed by atoms with van der Waals surface area (Å²) in [5, 5.41) is 8.06. The number of methoxy groups -OCH3 is 1. The number of thiocarbonyl (C=S) groups is 1. The average molecular weight is 458 g/mol. The van der Waals surface area contributed by atoms with Gasteiger partial charge < -0.3 is 15.4 Å². The van der Waals surface area contributed by atoms with Gasteiger partial charge >= 0.3 is 0 Å². The van der Waals surface area contributed by atoms with E-state index in [0.717, 1.165) is 0 Å². The number of carbonyl (C=O) groups is 2. The van der Waals surface area contributed by atoms with Gasteiger partial charge in [-0.05, 0) is 72.9 Å². The first kappa shape index (κ1) is 22.2. The molecule has 0 saturated carbocycles. The lowest BCUT2D eigenvalue weighted by Gasteiger charge is -2.11. The van der Waals surface area contributed by atoms with Gasteiger partial charge in [0.15, 0.2) is 5.11 Å². The fraction of sp³-hybridized carbons (Fsp3) is 0.0455. The van der Waals surface area contributed by atoms with Gasteiger partial charge in [-0.1, -0.05) is 17.7 Å². The number of carbonyl (C=O) groups excluding carboxylic acids is 2. The molecule has 31 heavy (non-hydrogen) atoms. The smallest absolute Gasteiger partial charge is 0.257 e. The van der Waals surface area contributed by atoms with Crippen LogP contribution in [0.4, 0.5) is 15.8 Å². The van der Waals surface area contributed by atoms with Crippen LogP contribution in [0.1, 0.15) is 20.7 Å². The average Bonchev–Trinajstić information content (AvgIpc) is 2.76. The third-order valence-electron chi connectivity index (χ3n) is 4.14. The van der Waals surface area contributed by atoms with Crippen LogP contribution >= 0.6 is 23.8 Å². The zero-order chi connectivity index (χ0) is 22.4. The van der Waals surface area contributed by atoms with Crippen molar-refractivity contribution in [2.45, 2.75) is 0 Å². The molecule has 0 atom stereocenters. The van der Waals surface area contributed by atoms with Crippen molar-refractivity contribution in [3.05, 3.63) is 88.7 Å². The van der Waals surface area contributed by atoms with Crippen molar-refractivity contribution >= 4 is 52.1 Å². The summed E-state index contributed by atoms with van der Waals surface area (Å²) in [5.41, 5.74) is 1.60. The number of amides is 2. The largest absolute Gasteiger partial charge is 0.497 e. The van der Waals surface area contributed by atoms with E-state index in [-0.39, 0.29) is 16.0 Å². The quantitative estimate of drug-likeness (QED) is 0.476. The van der Waals surface area contributed by atoms with Crippen LogP contribution in [0.3, 0.4) is 0 Å². The number of benzene rings is 3. The van der Waals surface area contributed by atoms with E-state index in [0.29, 0.717) is 28.3 Å². The van der Waals surface area contributed by atoms with Crippen molar-refractivity contribution in [2.24, 2.45) is 0 Å². The lowest BCUT2D eigenvalue weighted by molar-refractivity contribution is 0.0976. The number of hydrogen-bond acceptors (Lipinski definition) is 4. The second-order valence-electron chi connectivity index (χ2n) is 6.30. The van der Waals surface area contributed by atoms with E-state index in [1.54, 1.807) is 48.5 Å². The first-order valence-electron chi connectivity index (χ1n) is 8.98. The second-order valence-corrected chi connectivity index (χ2v) is 7.12. The number of hydrogen-bond donors (Lipinski definition) is 3. The van der Waals surface area contributed by atoms with Crippen LogP contribution < -0.4 is 20.7 Å². The summed E-state index contributed by atoms with van der Waals surface area (Å²) in [4.78, 5) is 24.8. The van der Waals surface area contributed by atoms with Crippen LogP contribution in [0.15, 0.2) is 66.7 Å². The number of halogens is 2. The molecule has 9 heteroatoms. The van der Waals surface area contributed by atoms with Gasteiger partial charge in [0.2, 0.25) is 0 Å². The van der Waals surface area contributed by atoms with Gasteiger partial charge in [-0.2, -0.15) is 0 Å². The molecule has 0 aromatic heterocycles. The molecule has 0 aliphatic heterocycles. The molecule has 0 radical (unpaired) electrons. The standard InChI is InChI=1S/C22H17ClFN3O3S/c1-30-17-8-5-13(6-9-17)20(28)27-22(31)26-15-4-2-3-14(11-15)21(29)25-16-7-10-19(24)18(23)12-16/h2-12H,1H3,(H,25,29)(H2,26,27,28,31). The first-order valence-corrected chi connectivity index (χ1v) is 9.77. The highest BCUT2D eigenvalue weighted by Gasteiger charge is 2.11. The minimum absolute atomic E-state index is 0.0729. The normalized spacial score (nSPS) is 10.2. The van der Waals surface area contributed by atoms with Crippen LogP contribution in [0.2, 0.25) is 5.02 Å². The third-order valence-corrected chi connectivity index (χ3v) is 4.63. The Bertz CT molecular complexity index is 1140. The summed E-state index contributed by atoms with van der Waals surface area (Å²) in [6.07, 6.45) is 0. The predicted molar refractivity (Wildman–Crippen MR) is 122 cm³/mol. The highest BCUT2D eigenvalue weighted by molar-refractivity contribution is 7.80. The molecule has 0 aliphatic rings. The summed E-state index contributed by atoms with van der Waals surface area (Å²) < 4.78 is 18.3. The molecule has 158 valence electrons. The van der Waals surface area contributed by atoms with Gasteiger partial charge in [-0.15, -0.1) is 0 Å². The Morgan fingerprint density at radius 1 is 0.903 bits per heavy atom. The molecule has 0 aliphatic carbocycles. The van der Waals surface area contributed by atoms with Gasteiger partial charge in [0.05, 0.1) is 12.1 Å². The maximum absolute atomic E-state index is 13.3. The van der Waals surface area contributed by atoms with E-state index in [9.17, 15) is 14.0 Å². The van der Waals surface area contributed by atoms with Crippen LogP contribution in [0, 0.1) is 5.82 Å². The first-order chi connectivity index (χ1) is 14.9. The Morgan fingerprint density at radius 3 is 2.29 bits per heavy atom. The summed E-state index contributed by atoms with van der Waals surface area (Å²) in [7, 11) is 1.54. The topological polar surface area (TPSA) is 79.5 Å². The highest BCUT2D eigenvalue weighted by atomic mass is 35.5. The highest BCUT2D eigenvalue weighted by Crippen LogP contribution is 2.20. The zero-order valence-electron chi connectivity index (χ0n) is 16.2. The van der Waals surface area contributed by atoms with Crippen molar-refractivity contribution in [2.75, 3.05) is 17.7 Å². The van der Waals surface area contributed by atoms with Crippen molar-refractivity contribution in [1.82, 2.24) is 5.32 Å². The lowest BCUT2D eigenvalue weighted by atomic mass is 10.2. The molecule has 6 nitrogen and oxygen atoms in total. The summed E-state index contributed by atoms with van der Waals surface area (Å²) >= 11 is 10.9. The molecule has 0 spiro atoms. The molecule has 3 aromatic rings. The molecule has 3 aromatic carbocycles. The molecule has 0 heterocycles. The number of ether oxygens (including phenoxy) is 1.